The number of benzene rings is 3. The number of nitrogens with two attached hydrogens (primary N) is 1. The standard InChI is InChI=1S/C25H28ClN3O5S/c1-17-3-7-20(8-4-17)29-24(30)16-34-25-22(26)13-19(14-23(25)33-2)15-28-12-11-18-5-9-21(10-6-18)35(27,31)32/h3-10,13-14,28H,11-12,15-16H2,1-2H3,(H,29,30)(H2,27,31,32). The Labute approximate surface area is 210 Å². The first-order chi connectivity index (χ1) is 16.7. The lowest BCUT2D eigenvalue weighted by Gasteiger charge is -2.15. The van der Waals surface area contributed by atoms with Gasteiger partial charge in [0.25, 0.3) is 5.91 Å². The van der Waals surface area contributed by atoms with E-state index in [1.165, 1.54) is 19.2 Å². The third-order valence-electron chi connectivity index (χ3n) is 5.14. The van der Waals surface area contributed by atoms with Gasteiger partial charge in [0.2, 0.25) is 10.0 Å². The lowest BCUT2D eigenvalue weighted by Crippen LogP contribution is -2.20. The van der Waals surface area contributed by atoms with E-state index in [-0.39, 0.29) is 17.4 Å². The smallest absolute Gasteiger partial charge is 0.262 e. The van der Waals surface area contributed by atoms with Gasteiger partial charge < -0.3 is 20.1 Å². The number of ether oxygens (including phenoxy) is 2. The molecule has 35 heavy (non-hydrogen) atoms. The number of primary sulfonamides is 1. The Morgan fingerprint density at radius 1 is 1.03 bits per heavy atom. The summed E-state index contributed by atoms with van der Waals surface area (Å²) in [5.74, 6) is 0.415. The van der Waals surface area contributed by atoms with E-state index in [4.69, 9.17) is 26.2 Å². The fourth-order valence-electron chi connectivity index (χ4n) is 3.30. The van der Waals surface area contributed by atoms with Crippen molar-refractivity contribution in [2.24, 2.45) is 5.14 Å². The largest absolute Gasteiger partial charge is 0.493 e. The van der Waals surface area contributed by atoms with Crippen LogP contribution in [0.3, 0.4) is 0 Å². The maximum absolute atomic E-state index is 12.2. The van der Waals surface area contributed by atoms with Crippen LogP contribution in [0.1, 0.15) is 16.7 Å². The predicted molar refractivity (Wildman–Crippen MR) is 137 cm³/mol. The maximum Gasteiger partial charge on any atom is 0.262 e. The zero-order valence-electron chi connectivity index (χ0n) is 19.5. The summed E-state index contributed by atoms with van der Waals surface area (Å²) < 4.78 is 33.7. The van der Waals surface area contributed by atoms with Crippen LogP contribution < -0.4 is 25.2 Å². The monoisotopic (exact) mass is 517 g/mol. The number of carbonyl (C=O) groups is 1. The number of aryl methyl sites for hydroxylation is 1. The van der Waals surface area contributed by atoms with Crippen LogP contribution in [0.2, 0.25) is 5.02 Å². The summed E-state index contributed by atoms with van der Waals surface area (Å²) in [5, 5.41) is 11.5. The van der Waals surface area contributed by atoms with Crippen molar-refractivity contribution in [3.63, 3.8) is 0 Å². The van der Waals surface area contributed by atoms with E-state index in [0.717, 1.165) is 16.7 Å². The molecule has 0 aliphatic rings. The molecule has 0 saturated heterocycles. The molecule has 0 radical (unpaired) electrons. The Bertz CT molecular complexity index is 1260. The minimum absolute atomic E-state index is 0.0888. The summed E-state index contributed by atoms with van der Waals surface area (Å²) >= 11 is 6.41. The number of amides is 1. The predicted octanol–water partition coefficient (Wildman–Crippen LogP) is 3.65. The molecule has 0 unspecified atom stereocenters. The highest BCUT2D eigenvalue weighted by Gasteiger charge is 2.14. The third-order valence-corrected chi connectivity index (χ3v) is 6.35. The number of nitrogens with one attached hydrogen (secondary N) is 2. The molecule has 10 heteroatoms. The average Bonchev–Trinajstić information content (AvgIpc) is 2.82. The first kappa shape index (κ1) is 26.5. The van der Waals surface area contributed by atoms with Gasteiger partial charge in [-0.1, -0.05) is 41.4 Å². The maximum atomic E-state index is 12.2. The minimum Gasteiger partial charge on any atom is -0.493 e. The number of halogens is 1. The molecule has 0 atom stereocenters. The SMILES string of the molecule is COc1cc(CNCCc2ccc(S(N)(=O)=O)cc2)cc(Cl)c1OCC(=O)Nc1ccc(C)cc1. The average molecular weight is 518 g/mol. The summed E-state index contributed by atoms with van der Waals surface area (Å²) in [6, 6.07) is 17.5. The van der Waals surface area contributed by atoms with E-state index in [2.05, 4.69) is 10.6 Å². The molecular formula is C25H28ClN3O5S. The number of sulfonamides is 1. The van der Waals surface area contributed by atoms with Crippen LogP contribution in [0.15, 0.2) is 65.6 Å². The highest BCUT2D eigenvalue weighted by atomic mass is 35.5. The molecule has 0 aliphatic heterocycles. The van der Waals surface area contributed by atoms with Crippen LogP contribution >= 0.6 is 11.6 Å². The highest BCUT2D eigenvalue weighted by Crippen LogP contribution is 2.36. The van der Waals surface area contributed by atoms with Gasteiger partial charge in [0.1, 0.15) is 0 Å². The van der Waals surface area contributed by atoms with Crippen molar-refractivity contribution in [3.8, 4) is 11.5 Å². The van der Waals surface area contributed by atoms with Gasteiger partial charge in [0.15, 0.2) is 18.1 Å². The Kier molecular flexibility index (Phi) is 9.11. The third kappa shape index (κ3) is 7.97. The molecule has 0 heterocycles. The van der Waals surface area contributed by atoms with E-state index in [0.29, 0.717) is 41.7 Å². The molecule has 186 valence electrons. The summed E-state index contributed by atoms with van der Waals surface area (Å²) in [5.41, 5.74) is 3.65. The molecule has 0 saturated carbocycles. The molecule has 4 N–H and O–H groups in total. The second kappa shape index (κ2) is 12.0. The molecule has 0 aromatic heterocycles. The molecule has 0 aliphatic carbocycles. The summed E-state index contributed by atoms with van der Waals surface area (Å²) in [6.45, 7) is 2.94. The molecule has 0 fully saturated rings. The number of anilines is 1. The van der Waals surface area contributed by atoms with Gasteiger partial charge in [-0.25, -0.2) is 13.6 Å². The summed E-state index contributed by atoms with van der Waals surface area (Å²) in [6.07, 6.45) is 0.701. The normalized spacial score (nSPS) is 11.2. The topological polar surface area (TPSA) is 120 Å². The van der Waals surface area contributed by atoms with E-state index in [9.17, 15) is 13.2 Å². The van der Waals surface area contributed by atoms with Crippen LogP contribution in [0.5, 0.6) is 11.5 Å². The molecule has 3 aromatic rings. The Morgan fingerprint density at radius 3 is 2.34 bits per heavy atom. The van der Waals surface area contributed by atoms with Gasteiger partial charge in [-0.05, 0) is 67.4 Å². The van der Waals surface area contributed by atoms with Gasteiger partial charge in [-0.15, -0.1) is 0 Å². The van der Waals surface area contributed by atoms with Crippen molar-refractivity contribution in [1.82, 2.24) is 5.32 Å². The van der Waals surface area contributed by atoms with Crippen LogP contribution in [-0.2, 0) is 27.8 Å². The molecule has 1 amide bonds. The highest BCUT2D eigenvalue weighted by molar-refractivity contribution is 7.89. The molecule has 0 spiro atoms. The van der Waals surface area contributed by atoms with Gasteiger partial charge in [0, 0.05) is 12.2 Å². The van der Waals surface area contributed by atoms with E-state index in [1.54, 1.807) is 24.3 Å². The Hall–Kier alpha value is -3.11. The first-order valence-electron chi connectivity index (χ1n) is 10.8. The molecule has 3 aromatic carbocycles. The zero-order chi connectivity index (χ0) is 25.4. The van der Waals surface area contributed by atoms with Crippen molar-refractivity contribution in [2.45, 2.75) is 24.8 Å². The quantitative estimate of drug-likeness (QED) is 0.334. The molecule has 8 nitrogen and oxygen atoms in total. The lowest BCUT2D eigenvalue weighted by molar-refractivity contribution is -0.118. The summed E-state index contributed by atoms with van der Waals surface area (Å²) in [4.78, 5) is 12.3. The minimum atomic E-state index is -3.69. The second-order valence-corrected chi connectivity index (χ2v) is 9.90. The van der Waals surface area contributed by atoms with Crippen molar-refractivity contribution < 1.29 is 22.7 Å². The van der Waals surface area contributed by atoms with Crippen molar-refractivity contribution >= 4 is 33.2 Å². The summed E-state index contributed by atoms with van der Waals surface area (Å²) in [7, 11) is -2.19. The Morgan fingerprint density at radius 2 is 1.71 bits per heavy atom. The molecule has 0 bridgehead atoms. The second-order valence-electron chi connectivity index (χ2n) is 7.93. The van der Waals surface area contributed by atoms with Gasteiger partial charge in [-0.2, -0.15) is 0 Å². The van der Waals surface area contributed by atoms with Crippen LogP contribution in [-0.4, -0.2) is 34.6 Å². The van der Waals surface area contributed by atoms with Crippen molar-refractivity contribution in [3.05, 3.63) is 82.4 Å². The fourth-order valence-corrected chi connectivity index (χ4v) is 4.10. The number of rotatable bonds is 11. The van der Waals surface area contributed by atoms with Crippen molar-refractivity contribution in [1.29, 1.82) is 0 Å². The number of carbonyl (C=O) groups excluding carboxylic acids is 1. The Balaban J connectivity index is 1.52. The molecular weight excluding hydrogens is 490 g/mol. The number of hydrogen-bond acceptors (Lipinski definition) is 6. The van der Waals surface area contributed by atoms with Gasteiger partial charge in [-0.3, -0.25) is 4.79 Å². The van der Waals surface area contributed by atoms with E-state index in [1.807, 2.05) is 31.2 Å². The van der Waals surface area contributed by atoms with Gasteiger partial charge >= 0.3 is 0 Å². The van der Waals surface area contributed by atoms with Crippen LogP contribution in [0.4, 0.5) is 5.69 Å². The lowest BCUT2D eigenvalue weighted by atomic mass is 10.1. The fraction of sp³-hybridized carbons (Fsp3) is 0.240. The molecule has 3 rings (SSSR count). The van der Waals surface area contributed by atoms with E-state index >= 15 is 0 Å². The number of methoxy groups -OCH3 is 1. The first-order valence-corrected chi connectivity index (χ1v) is 12.8. The van der Waals surface area contributed by atoms with Gasteiger partial charge in [0.05, 0.1) is 17.0 Å². The van der Waals surface area contributed by atoms with Crippen molar-refractivity contribution in [2.75, 3.05) is 25.6 Å². The van der Waals surface area contributed by atoms with Crippen LogP contribution in [0, 0.1) is 6.92 Å². The number of hydrogen-bond donors (Lipinski definition) is 3. The zero-order valence-corrected chi connectivity index (χ0v) is 21.1. The van der Waals surface area contributed by atoms with Crippen LogP contribution in [0.25, 0.3) is 0 Å². The van der Waals surface area contributed by atoms with E-state index < -0.39 is 10.0 Å².